The van der Waals surface area contributed by atoms with Crippen LogP contribution >= 0.6 is 0 Å². The zero-order valence-electron chi connectivity index (χ0n) is 14.1. The summed E-state index contributed by atoms with van der Waals surface area (Å²) in [6.07, 6.45) is -0.798. The fourth-order valence-corrected chi connectivity index (χ4v) is 2.24. The number of benzene rings is 2. The van der Waals surface area contributed by atoms with E-state index in [1.807, 2.05) is 31.2 Å². The Kier molecular flexibility index (Phi) is 4.74. The van der Waals surface area contributed by atoms with E-state index in [1.54, 1.807) is 6.92 Å². The van der Waals surface area contributed by atoms with Crippen LogP contribution in [0.2, 0.25) is 0 Å². The molecule has 0 bridgehead atoms. The zero-order chi connectivity index (χ0) is 18.7. The second-order valence-electron chi connectivity index (χ2n) is 5.67. The Bertz CT molecular complexity index is 949. The van der Waals surface area contributed by atoms with Crippen molar-refractivity contribution in [3.8, 4) is 11.5 Å². The molecular formula is C18H15N3O5. The van der Waals surface area contributed by atoms with Gasteiger partial charge in [0.1, 0.15) is 0 Å². The van der Waals surface area contributed by atoms with E-state index in [1.165, 1.54) is 18.2 Å². The number of carbonyl (C=O) groups excluding carboxylic acids is 1. The topological polar surface area (TPSA) is 108 Å². The molecule has 8 heteroatoms. The molecule has 3 rings (SSSR count). The third-order valence-corrected chi connectivity index (χ3v) is 3.66. The largest absolute Gasteiger partial charge is 0.449 e. The Balaban J connectivity index is 1.73. The number of aromatic nitrogens is 2. The number of rotatable bonds is 5. The van der Waals surface area contributed by atoms with Crippen molar-refractivity contribution in [2.24, 2.45) is 0 Å². The number of carbonyl (C=O) groups is 1. The van der Waals surface area contributed by atoms with Crippen LogP contribution in [0.3, 0.4) is 0 Å². The lowest BCUT2D eigenvalue weighted by atomic mass is 10.1. The average Bonchev–Trinajstić information content (AvgIpc) is 3.12. The smallest absolute Gasteiger partial charge is 0.339 e. The van der Waals surface area contributed by atoms with Gasteiger partial charge in [0.25, 0.3) is 11.6 Å². The van der Waals surface area contributed by atoms with E-state index in [-0.39, 0.29) is 17.1 Å². The fourth-order valence-electron chi connectivity index (χ4n) is 2.24. The van der Waals surface area contributed by atoms with Crippen LogP contribution in [0.5, 0.6) is 0 Å². The van der Waals surface area contributed by atoms with Gasteiger partial charge in [-0.25, -0.2) is 4.79 Å². The number of nitro groups is 1. The molecule has 132 valence electrons. The minimum absolute atomic E-state index is 0.0734. The van der Waals surface area contributed by atoms with Crippen LogP contribution in [-0.4, -0.2) is 21.1 Å². The summed E-state index contributed by atoms with van der Waals surface area (Å²) in [6, 6.07) is 12.9. The number of hydrogen-bond donors (Lipinski definition) is 0. The number of aryl methyl sites for hydroxylation is 1. The summed E-state index contributed by atoms with van der Waals surface area (Å²) < 4.78 is 10.8. The Morgan fingerprint density at radius 2 is 1.92 bits per heavy atom. The summed E-state index contributed by atoms with van der Waals surface area (Å²) in [6.45, 7) is 3.56. The minimum atomic E-state index is -0.798. The fraction of sp³-hybridized carbons (Fsp3) is 0.167. The maximum absolute atomic E-state index is 12.2. The number of nitro benzene ring substituents is 1. The summed E-state index contributed by atoms with van der Waals surface area (Å²) in [7, 11) is 0. The molecule has 0 fully saturated rings. The number of non-ortho nitro benzene ring substituents is 1. The molecule has 1 aromatic heterocycles. The van der Waals surface area contributed by atoms with Gasteiger partial charge in [-0.3, -0.25) is 10.1 Å². The van der Waals surface area contributed by atoms with Crippen LogP contribution in [-0.2, 0) is 4.74 Å². The molecule has 1 heterocycles. The van der Waals surface area contributed by atoms with Crippen molar-refractivity contribution in [3.63, 3.8) is 0 Å². The highest BCUT2D eigenvalue weighted by Crippen LogP contribution is 2.24. The Hall–Kier alpha value is -3.55. The first-order valence-electron chi connectivity index (χ1n) is 7.80. The lowest BCUT2D eigenvalue weighted by Gasteiger charge is -2.09. The van der Waals surface area contributed by atoms with Crippen molar-refractivity contribution in [2.75, 3.05) is 0 Å². The van der Waals surface area contributed by atoms with E-state index in [2.05, 4.69) is 10.2 Å². The predicted octanol–water partition coefficient (Wildman–Crippen LogP) is 3.87. The summed E-state index contributed by atoms with van der Waals surface area (Å²) in [5.41, 5.74) is 1.75. The molecule has 0 aliphatic rings. The second-order valence-corrected chi connectivity index (χ2v) is 5.67. The lowest BCUT2D eigenvalue weighted by Crippen LogP contribution is -2.09. The number of nitrogens with zero attached hydrogens (tertiary/aromatic N) is 3. The van der Waals surface area contributed by atoms with Gasteiger partial charge >= 0.3 is 5.97 Å². The Labute approximate surface area is 148 Å². The Morgan fingerprint density at radius 1 is 1.19 bits per heavy atom. The summed E-state index contributed by atoms with van der Waals surface area (Å²) in [4.78, 5) is 22.4. The normalized spacial score (nSPS) is 11.8. The van der Waals surface area contributed by atoms with E-state index in [0.29, 0.717) is 5.89 Å². The quantitative estimate of drug-likeness (QED) is 0.389. The molecule has 0 unspecified atom stereocenters. The Morgan fingerprint density at radius 3 is 2.62 bits per heavy atom. The molecule has 0 saturated carbocycles. The highest BCUT2D eigenvalue weighted by Gasteiger charge is 2.21. The molecule has 8 nitrogen and oxygen atoms in total. The molecule has 0 radical (unpaired) electrons. The molecule has 1 atom stereocenters. The molecular weight excluding hydrogens is 338 g/mol. The van der Waals surface area contributed by atoms with Gasteiger partial charge in [0.05, 0.1) is 10.5 Å². The molecule has 0 amide bonds. The van der Waals surface area contributed by atoms with Gasteiger partial charge in [-0.1, -0.05) is 23.8 Å². The standard InChI is InChI=1S/C18H15N3O5/c1-11-6-8-13(9-7-11)17-20-19-16(26-17)12(2)25-18(22)14-4-3-5-15(10-14)21(23)24/h3-10,12H,1-2H3/t12-/m0/s1. The molecule has 2 aromatic carbocycles. The molecule has 0 N–H and O–H groups in total. The molecule has 0 aliphatic heterocycles. The van der Waals surface area contributed by atoms with Crippen molar-refractivity contribution in [3.05, 3.63) is 75.7 Å². The van der Waals surface area contributed by atoms with Crippen molar-refractivity contribution >= 4 is 11.7 Å². The van der Waals surface area contributed by atoms with Crippen molar-refractivity contribution < 1.29 is 18.9 Å². The van der Waals surface area contributed by atoms with E-state index >= 15 is 0 Å². The van der Waals surface area contributed by atoms with Crippen LogP contribution in [0.25, 0.3) is 11.5 Å². The van der Waals surface area contributed by atoms with Crippen LogP contribution in [0.1, 0.15) is 34.8 Å². The van der Waals surface area contributed by atoms with Crippen LogP contribution in [0, 0.1) is 17.0 Å². The first kappa shape index (κ1) is 17.3. The van der Waals surface area contributed by atoms with Crippen LogP contribution < -0.4 is 0 Å². The maximum Gasteiger partial charge on any atom is 0.339 e. The van der Waals surface area contributed by atoms with Gasteiger partial charge in [-0.2, -0.15) is 0 Å². The first-order valence-corrected chi connectivity index (χ1v) is 7.80. The lowest BCUT2D eigenvalue weighted by molar-refractivity contribution is -0.384. The number of ether oxygens (including phenoxy) is 1. The average molecular weight is 353 g/mol. The molecule has 0 saturated heterocycles. The third kappa shape index (κ3) is 3.75. The summed E-state index contributed by atoms with van der Waals surface area (Å²) >= 11 is 0. The zero-order valence-corrected chi connectivity index (χ0v) is 14.1. The highest BCUT2D eigenvalue weighted by atomic mass is 16.6. The molecule has 0 spiro atoms. The van der Waals surface area contributed by atoms with Gasteiger partial charge in [0.2, 0.25) is 5.89 Å². The van der Waals surface area contributed by atoms with Crippen molar-refractivity contribution in [2.45, 2.75) is 20.0 Å². The van der Waals surface area contributed by atoms with Crippen LogP contribution in [0.4, 0.5) is 5.69 Å². The molecule has 3 aromatic rings. The highest BCUT2D eigenvalue weighted by molar-refractivity contribution is 5.90. The van der Waals surface area contributed by atoms with E-state index in [9.17, 15) is 14.9 Å². The maximum atomic E-state index is 12.2. The van der Waals surface area contributed by atoms with E-state index in [4.69, 9.17) is 9.15 Å². The number of esters is 1. The molecule has 26 heavy (non-hydrogen) atoms. The SMILES string of the molecule is Cc1ccc(-c2nnc([C@H](C)OC(=O)c3cccc([N+](=O)[O-])c3)o2)cc1. The van der Waals surface area contributed by atoms with Gasteiger partial charge in [-0.05, 0) is 32.0 Å². The van der Waals surface area contributed by atoms with Crippen LogP contribution in [0.15, 0.2) is 52.9 Å². The van der Waals surface area contributed by atoms with E-state index in [0.717, 1.165) is 17.2 Å². The molecule has 0 aliphatic carbocycles. The number of hydrogen-bond acceptors (Lipinski definition) is 7. The van der Waals surface area contributed by atoms with E-state index < -0.39 is 17.0 Å². The van der Waals surface area contributed by atoms with Gasteiger partial charge in [0, 0.05) is 17.7 Å². The first-order chi connectivity index (χ1) is 12.4. The predicted molar refractivity (Wildman–Crippen MR) is 91.4 cm³/mol. The monoisotopic (exact) mass is 353 g/mol. The van der Waals surface area contributed by atoms with Gasteiger partial charge in [-0.15, -0.1) is 10.2 Å². The van der Waals surface area contributed by atoms with Crippen molar-refractivity contribution in [1.82, 2.24) is 10.2 Å². The summed E-state index contributed by atoms with van der Waals surface area (Å²) in [5.74, 6) is -0.256. The van der Waals surface area contributed by atoms with Crippen molar-refractivity contribution in [1.29, 1.82) is 0 Å². The minimum Gasteiger partial charge on any atom is -0.449 e. The van der Waals surface area contributed by atoms with Gasteiger partial charge < -0.3 is 9.15 Å². The van der Waals surface area contributed by atoms with Gasteiger partial charge in [0.15, 0.2) is 6.10 Å². The third-order valence-electron chi connectivity index (χ3n) is 3.66. The second kappa shape index (κ2) is 7.14. The summed E-state index contributed by atoms with van der Waals surface area (Å²) in [5, 5.41) is 18.7.